The molecule has 6 nitrogen and oxygen atoms in total. The molecule has 2 N–H and O–H groups in total. The van der Waals surface area contributed by atoms with E-state index < -0.39 is 23.3 Å². The lowest BCUT2D eigenvalue weighted by atomic mass is 9.73. The monoisotopic (exact) mass is 306 g/mol. The van der Waals surface area contributed by atoms with E-state index in [0.29, 0.717) is 5.56 Å². The number of carboxylic acid groups (broad SMARTS) is 2. The summed E-state index contributed by atoms with van der Waals surface area (Å²) in [4.78, 5) is 23.8. The molecule has 1 aliphatic rings. The number of rotatable bonds is 3. The Balaban J connectivity index is 2.28. The molecular weight excluding hydrogens is 291 g/mol. The Hall–Kier alpha value is -2.62. The Bertz CT molecular complexity index is 645. The van der Waals surface area contributed by atoms with Gasteiger partial charge < -0.3 is 15.1 Å². The van der Waals surface area contributed by atoms with Gasteiger partial charge >= 0.3 is 12.1 Å². The summed E-state index contributed by atoms with van der Waals surface area (Å²) >= 11 is 0. The molecule has 7 heteroatoms. The Morgan fingerprint density at radius 2 is 1.95 bits per heavy atom. The number of carboxylic acids is 1. The summed E-state index contributed by atoms with van der Waals surface area (Å²) in [5.74, 6) is -1.58. The summed E-state index contributed by atoms with van der Waals surface area (Å²) < 4.78 is 13.4. The van der Waals surface area contributed by atoms with Crippen LogP contribution in [0.2, 0.25) is 0 Å². The van der Waals surface area contributed by atoms with Crippen LogP contribution in [0.5, 0.6) is 0 Å². The highest BCUT2D eigenvalue weighted by atomic mass is 19.1. The highest BCUT2D eigenvalue weighted by Crippen LogP contribution is 2.36. The first-order valence-corrected chi connectivity index (χ1v) is 6.78. The van der Waals surface area contributed by atoms with Crippen LogP contribution in [0.4, 0.5) is 9.18 Å². The van der Waals surface area contributed by atoms with Crippen LogP contribution in [0.1, 0.15) is 24.0 Å². The number of likely N-dealkylation sites (tertiary alicyclic amines) is 1. The number of amides is 1. The number of hydrogen-bond acceptors (Lipinski definition) is 3. The molecule has 0 bridgehead atoms. The normalized spacial score (nSPS) is 16.8. The third kappa shape index (κ3) is 3.01. The maximum Gasteiger partial charge on any atom is 0.407 e. The van der Waals surface area contributed by atoms with Crippen molar-refractivity contribution in [3.05, 3.63) is 35.1 Å². The predicted molar refractivity (Wildman–Crippen MR) is 73.7 cm³/mol. The van der Waals surface area contributed by atoms with Crippen molar-refractivity contribution in [2.45, 2.75) is 19.3 Å². The maximum absolute atomic E-state index is 13.4. The molecule has 0 unspecified atom stereocenters. The largest absolute Gasteiger partial charge is 0.481 e. The second kappa shape index (κ2) is 6.02. The van der Waals surface area contributed by atoms with Gasteiger partial charge in [-0.3, -0.25) is 4.79 Å². The van der Waals surface area contributed by atoms with Gasteiger partial charge in [-0.1, -0.05) is 0 Å². The van der Waals surface area contributed by atoms with Crippen molar-refractivity contribution < 1.29 is 24.2 Å². The van der Waals surface area contributed by atoms with Gasteiger partial charge in [-0.05, 0) is 43.0 Å². The second-order valence-corrected chi connectivity index (χ2v) is 5.45. The quantitative estimate of drug-likeness (QED) is 0.890. The van der Waals surface area contributed by atoms with Crippen molar-refractivity contribution in [1.82, 2.24) is 4.90 Å². The van der Waals surface area contributed by atoms with Crippen molar-refractivity contribution >= 4 is 12.1 Å². The number of aliphatic carboxylic acids is 1. The van der Waals surface area contributed by atoms with Crippen LogP contribution in [0, 0.1) is 22.6 Å². The molecule has 0 aromatic heterocycles. The van der Waals surface area contributed by atoms with Gasteiger partial charge in [0.15, 0.2) is 0 Å². The fourth-order valence-corrected chi connectivity index (χ4v) is 2.77. The molecule has 1 aliphatic heterocycles. The minimum absolute atomic E-state index is 0.0104. The Labute approximate surface area is 126 Å². The lowest BCUT2D eigenvalue weighted by Crippen LogP contribution is -2.47. The minimum Gasteiger partial charge on any atom is -0.481 e. The molecule has 0 radical (unpaired) electrons. The molecule has 1 amide bonds. The van der Waals surface area contributed by atoms with Crippen molar-refractivity contribution in [3.8, 4) is 6.07 Å². The Morgan fingerprint density at radius 1 is 1.32 bits per heavy atom. The van der Waals surface area contributed by atoms with E-state index in [0.717, 1.165) is 11.0 Å². The maximum atomic E-state index is 13.4. The van der Waals surface area contributed by atoms with E-state index >= 15 is 0 Å². The smallest absolute Gasteiger partial charge is 0.407 e. The molecule has 1 aromatic rings. The van der Waals surface area contributed by atoms with Gasteiger partial charge in [-0.25, -0.2) is 9.18 Å². The highest BCUT2D eigenvalue weighted by molar-refractivity contribution is 5.76. The fourth-order valence-electron chi connectivity index (χ4n) is 2.77. The zero-order valence-corrected chi connectivity index (χ0v) is 11.8. The zero-order chi connectivity index (χ0) is 16.3. The SMILES string of the molecule is N#Cc1ccc(F)cc1CC1(C(=O)O)CCN(C(=O)O)CC1. The molecule has 116 valence electrons. The molecule has 0 spiro atoms. The van der Waals surface area contributed by atoms with Crippen molar-refractivity contribution in [2.75, 3.05) is 13.1 Å². The van der Waals surface area contributed by atoms with Gasteiger partial charge in [0.25, 0.3) is 0 Å². The van der Waals surface area contributed by atoms with E-state index in [1.165, 1.54) is 12.1 Å². The van der Waals surface area contributed by atoms with Crippen molar-refractivity contribution in [1.29, 1.82) is 5.26 Å². The van der Waals surface area contributed by atoms with E-state index in [2.05, 4.69) is 0 Å². The number of carbonyl (C=O) groups is 2. The van der Waals surface area contributed by atoms with Crippen LogP contribution in [0.3, 0.4) is 0 Å². The van der Waals surface area contributed by atoms with Crippen LogP contribution in [0.15, 0.2) is 18.2 Å². The molecule has 22 heavy (non-hydrogen) atoms. The highest BCUT2D eigenvalue weighted by Gasteiger charge is 2.43. The summed E-state index contributed by atoms with van der Waals surface area (Å²) in [6.07, 6.45) is -0.801. The summed E-state index contributed by atoms with van der Waals surface area (Å²) in [6.45, 7) is 0.220. The minimum atomic E-state index is -1.18. The summed E-state index contributed by atoms with van der Waals surface area (Å²) in [7, 11) is 0. The predicted octanol–water partition coefficient (Wildman–Crippen LogP) is 2.08. The van der Waals surface area contributed by atoms with E-state index in [1.807, 2.05) is 6.07 Å². The Morgan fingerprint density at radius 3 is 2.45 bits per heavy atom. The first-order valence-electron chi connectivity index (χ1n) is 6.78. The topological polar surface area (TPSA) is 102 Å². The van der Waals surface area contributed by atoms with Crippen LogP contribution in [-0.4, -0.2) is 40.3 Å². The molecule has 1 aromatic carbocycles. The third-order valence-electron chi connectivity index (χ3n) is 4.16. The number of halogens is 1. The van der Waals surface area contributed by atoms with Gasteiger partial charge in [-0.2, -0.15) is 5.26 Å². The molecule has 0 atom stereocenters. The van der Waals surface area contributed by atoms with Crippen molar-refractivity contribution in [2.24, 2.45) is 5.41 Å². The van der Waals surface area contributed by atoms with Gasteiger partial charge in [0, 0.05) is 13.1 Å². The van der Waals surface area contributed by atoms with E-state index in [4.69, 9.17) is 10.4 Å². The zero-order valence-electron chi connectivity index (χ0n) is 11.8. The summed E-state index contributed by atoms with van der Waals surface area (Å²) in [5, 5.41) is 27.6. The summed E-state index contributed by atoms with van der Waals surface area (Å²) in [5.41, 5.74) is -0.595. The van der Waals surface area contributed by atoms with Gasteiger partial charge in [0.1, 0.15) is 5.82 Å². The average Bonchev–Trinajstić information content (AvgIpc) is 2.47. The van der Waals surface area contributed by atoms with Gasteiger partial charge in [0.2, 0.25) is 0 Å². The van der Waals surface area contributed by atoms with E-state index in [1.54, 1.807) is 0 Å². The lowest BCUT2D eigenvalue weighted by molar-refractivity contribution is -0.151. The third-order valence-corrected chi connectivity index (χ3v) is 4.16. The standard InChI is InChI=1S/C15H15FN2O4/c16-12-2-1-10(9-17)11(7-12)8-15(13(19)20)3-5-18(6-4-15)14(21)22/h1-2,7H,3-6,8H2,(H,19,20)(H,21,22). The first kappa shape index (κ1) is 15.8. The number of nitriles is 1. The van der Waals surface area contributed by atoms with E-state index in [9.17, 15) is 19.1 Å². The molecule has 1 saturated heterocycles. The number of hydrogen-bond donors (Lipinski definition) is 2. The first-order chi connectivity index (χ1) is 10.4. The second-order valence-electron chi connectivity index (χ2n) is 5.45. The van der Waals surface area contributed by atoms with Crippen LogP contribution < -0.4 is 0 Å². The van der Waals surface area contributed by atoms with Crippen LogP contribution >= 0.6 is 0 Å². The van der Waals surface area contributed by atoms with Crippen LogP contribution in [-0.2, 0) is 11.2 Å². The van der Waals surface area contributed by atoms with Gasteiger partial charge in [0.05, 0.1) is 17.0 Å². The van der Waals surface area contributed by atoms with Crippen molar-refractivity contribution in [3.63, 3.8) is 0 Å². The van der Waals surface area contributed by atoms with Crippen LogP contribution in [0.25, 0.3) is 0 Å². The number of benzene rings is 1. The molecule has 0 saturated carbocycles. The molecule has 1 heterocycles. The summed E-state index contributed by atoms with van der Waals surface area (Å²) in [6, 6.07) is 5.59. The average molecular weight is 306 g/mol. The molecule has 0 aliphatic carbocycles. The van der Waals surface area contributed by atoms with E-state index in [-0.39, 0.29) is 37.9 Å². The molecule has 1 fully saturated rings. The van der Waals surface area contributed by atoms with Gasteiger partial charge in [-0.15, -0.1) is 0 Å². The number of piperidine rings is 1. The lowest BCUT2D eigenvalue weighted by Gasteiger charge is -2.38. The Kier molecular flexibility index (Phi) is 4.31. The number of nitrogens with zero attached hydrogens (tertiary/aromatic N) is 2. The molecular formula is C15H15FN2O4. The fraction of sp³-hybridized carbons (Fsp3) is 0.400. The molecule has 2 rings (SSSR count).